The maximum atomic E-state index is 13.2. The molecule has 0 aliphatic heterocycles. The van der Waals surface area contributed by atoms with Gasteiger partial charge in [-0.1, -0.05) is 37.3 Å². The van der Waals surface area contributed by atoms with Crippen LogP contribution in [0.15, 0.2) is 42.5 Å². The number of hydrogen-bond donors (Lipinski definition) is 1. The fraction of sp³-hybridized carbons (Fsp3) is 0.350. The molecule has 0 aromatic heterocycles. The monoisotopic (exact) mass is 392 g/mol. The number of nitrogens with one attached hydrogen (secondary N) is 1. The Morgan fingerprint density at radius 2 is 1.89 bits per heavy atom. The number of anilines is 1. The summed E-state index contributed by atoms with van der Waals surface area (Å²) in [6.45, 7) is 4.14. The predicted molar refractivity (Wildman–Crippen MR) is 106 cm³/mol. The number of carbonyl (C=O) groups excluding carboxylic acids is 1. The first-order valence-electron chi connectivity index (χ1n) is 8.79. The summed E-state index contributed by atoms with van der Waals surface area (Å²) in [6.07, 6.45) is 1.91. The minimum absolute atomic E-state index is 0.0429. The molecule has 0 aliphatic rings. The molecule has 0 spiro atoms. The van der Waals surface area contributed by atoms with E-state index in [0.717, 1.165) is 17.4 Å². The SMILES string of the molecule is CCc1cccc(C)c1N(CCNC(=O)Cc1cccc(F)c1)S(C)(=O)=O. The van der Waals surface area contributed by atoms with Crippen molar-refractivity contribution >= 4 is 21.6 Å². The maximum absolute atomic E-state index is 13.2. The molecule has 2 aromatic carbocycles. The first-order chi connectivity index (χ1) is 12.7. The molecule has 7 heteroatoms. The van der Waals surface area contributed by atoms with Gasteiger partial charge in [0.05, 0.1) is 24.9 Å². The number of nitrogens with zero attached hydrogens (tertiary/aromatic N) is 1. The fourth-order valence-corrected chi connectivity index (χ4v) is 4.01. The minimum atomic E-state index is -3.50. The van der Waals surface area contributed by atoms with Gasteiger partial charge in [-0.05, 0) is 42.2 Å². The van der Waals surface area contributed by atoms with Crippen LogP contribution in [-0.2, 0) is 27.7 Å². The van der Waals surface area contributed by atoms with Crippen LogP contribution in [0, 0.1) is 12.7 Å². The number of aryl methyl sites for hydroxylation is 2. The molecule has 0 atom stereocenters. The normalized spacial score (nSPS) is 11.3. The second-order valence-corrected chi connectivity index (χ2v) is 8.33. The number of benzene rings is 2. The third kappa shape index (κ3) is 5.79. The molecule has 0 radical (unpaired) electrons. The molecular formula is C20H25FN2O3S. The predicted octanol–water partition coefficient (Wildman–Crippen LogP) is 2.82. The first kappa shape index (κ1) is 20.9. The molecule has 0 fully saturated rings. The van der Waals surface area contributed by atoms with E-state index in [2.05, 4.69) is 5.32 Å². The van der Waals surface area contributed by atoms with Crippen LogP contribution in [0.1, 0.15) is 23.6 Å². The number of hydrogen-bond acceptors (Lipinski definition) is 3. The number of sulfonamides is 1. The smallest absolute Gasteiger partial charge is 0.232 e. The number of para-hydroxylation sites is 1. The molecule has 1 N–H and O–H groups in total. The number of amides is 1. The van der Waals surface area contributed by atoms with Gasteiger partial charge in [-0.3, -0.25) is 9.10 Å². The lowest BCUT2D eigenvalue weighted by atomic mass is 10.1. The largest absolute Gasteiger partial charge is 0.354 e. The lowest BCUT2D eigenvalue weighted by Crippen LogP contribution is -2.39. The molecule has 0 unspecified atom stereocenters. The van der Waals surface area contributed by atoms with Gasteiger partial charge in [0.2, 0.25) is 15.9 Å². The van der Waals surface area contributed by atoms with Crippen molar-refractivity contribution in [2.75, 3.05) is 23.7 Å². The van der Waals surface area contributed by atoms with Gasteiger partial charge in [-0.25, -0.2) is 12.8 Å². The molecule has 0 saturated carbocycles. The zero-order valence-corrected chi connectivity index (χ0v) is 16.6. The molecule has 0 bridgehead atoms. The van der Waals surface area contributed by atoms with Gasteiger partial charge in [0, 0.05) is 6.54 Å². The zero-order chi connectivity index (χ0) is 20.0. The van der Waals surface area contributed by atoms with Crippen LogP contribution >= 0.6 is 0 Å². The Bertz CT molecular complexity index is 913. The average molecular weight is 392 g/mol. The van der Waals surface area contributed by atoms with Crippen molar-refractivity contribution in [1.29, 1.82) is 0 Å². The Hall–Kier alpha value is -2.41. The maximum Gasteiger partial charge on any atom is 0.232 e. The van der Waals surface area contributed by atoms with Gasteiger partial charge in [0.15, 0.2) is 0 Å². The van der Waals surface area contributed by atoms with Crippen molar-refractivity contribution < 1.29 is 17.6 Å². The van der Waals surface area contributed by atoms with E-state index < -0.39 is 15.8 Å². The molecule has 27 heavy (non-hydrogen) atoms. The van der Waals surface area contributed by atoms with E-state index in [1.165, 1.54) is 16.4 Å². The lowest BCUT2D eigenvalue weighted by molar-refractivity contribution is -0.120. The highest BCUT2D eigenvalue weighted by Gasteiger charge is 2.21. The third-order valence-electron chi connectivity index (χ3n) is 4.24. The van der Waals surface area contributed by atoms with Gasteiger partial charge >= 0.3 is 0 Å². The Morgan fingerprint density at radius 3 is 2.52 bits per heavy atom. The summed E-state index contributed by atoms with van der Waals surface area (Å²) >= 11 is 0. The average Bonchev–Trinajstić information content (AvgIpc) is 2.58. The van der Waals surface area contributed by atoms with E-state index in [4.69, 9.17) is 0 Å². The van der Waals surface area contributed by atoms with E-state index in [1.54, 1.807) is 12.1 Å². The molecule has 146 valence electrons. The Kier molecular flexibility index (Phi) is 6.96. The van der Waals surface area contributed by atoms with Gasteiger partial charge < -0.3 is 5.32 Å². The third-order valence-corrected chi connectivity index (χ3v) is 5.41. The Labute approximate surface area is 160 Å². The summed E-state index contributed by atoms with van der Waals surface area (Å²) < 4.78 is 39.2. The molecular weight excluding hydrogens is 367 g/mol. The van der Waals surface area contributed by atoms with Crippen molar-refractivity contribution in [3.63, 3.8) is 0 Å². The summed E-state index contributed by atoms with van der Waals surface area (Å²) in [5.74, 6) is -0.676. The van der Waals surface area contributed by atoms with Gasteiger partial charge in [-0.15, -0.1) is 0 Å². The van der Waals surface area contributed by atoms with Crippen LogP contribution in [-0.4, -0.2) is 33.7 Å². The summed E-state index contributed by atoms with van der Waals surface area (Å²) in [7, 11) is -3.50. The van der Waals surface area contributed by atoms with E-state index in [9.17, 15) is 17.6 Å². The summed E-state index contributed by atoms with van der Waals surface area (Å²) in [4.78, 5) is 12.1. The van der Waals surface area contributed by atoms with E-state index in [1.807, 2.05) is 32.0 Å². The molecule has 1 amide bonds. The quantitative estimate of drug-likeness (QED) is 0.751. The van der Waals surface area contributed by atoms with Crippen molar-refractivity contribution in [3.8, 4) is 0 Å². The van der Waals surface area contributed by atoms with Crippen LogP contribution in [0.3, 0.4) is 0 Å². The molecule has 0 saturated heterocycles. The van der Waals surface area contributed by atoms with Gasteiger partial charge in [0.1, 0.15) is 5.82 Å². The molecule has 0 aliphatic carbocycles. The van der Waals surface area contributed by atoms with Crippen LogP contribution in [0.2, 0.25) is 0 Å². The molecule has 2 aromatic rings. The second kappa shape index (κ2) is 8.99. The van der Waals surface area contributed by atoms with Crippen molar-refractivity contribution in [3.05, 3.63) is 65.0 Å². The van der Waals surface area contributed by atoms with Gasteiger partial charge in [-0.2, -0.15) is 0 Å². The molecule has 5 nitrogen and oxygen atoms in total. The van der Waals surface area contributed by atoms with Crippen LogP contribution in [0.5, 0.6) is 0 Å². The van der Waals surface area contributed by atoms with Crippen molar-refractivity contribution in [2.24, 2.45) is 0 Å². The highest BCUT2D eigenvalue weighted by atomic mass is 32.2. The Morgan fingerprint density at radius 1 is 1.19 bits per heavy atom. The van der Waals surface area contributed by atoms with Gasteiger partial charge in [0.25, 0.3) is 0 Å². The number of rotatable bonds is 8. The van der Waals surface area contributed by atoms with Crippen LogP contribution in [0.4, 0.5) is 10.1 Å². The lowest BCUT2D eigenvalue weighted by Gasteiger charge is -2.26. The molecule has 2 rings (SSSR count). The fourth-order valence-electron chi connectivity index (χ4n) is 3.00. The first-order valence-corrected chi connectivity index (χ1v) is 10.6. The van der Waals surface area contributed by atoms with Crippen LogP contribution in [0.25, 0.3) is 0 Å². The van der Waals surface area contributed by atoms with E-state index in [0.29, 0.717) is 17.7 Å². The summed E-state index contributed by atoms with van der Waals surface area (Å²) in [5.41, 5.74) is 3.04. The second-order valence-electron chi connectivity index (χ2n) is 6.43. The number of carbonyl (C=O) groups is 1. The highest BCUT2D eigenvalue weighted by Crippen LogP contribution is 2.27. The zero-order valence-electron chi connectivity index (χ0n) is 15.8. The van der Waals surface area contributed by atoms with E-state index >= 15 is 0 Å². The Balaban J connectivity index is 2.07. The number of halogens is 1. The molecule has 0 heterocycles. The summed E-state index contributed by atoms with van der Waals surface area (Å²) in [6, 6.07) is 11.5. The summed E-state index contributed by atoms with van der Waals surface area (Å²) in [5, 5.41) is 2.71. The topological polar surface area (TPSA) is 66.5 Å². The minimum Gasteiger partial charge on any atom is -0.354 e. The highest BCUT2D eigenvalue weighted by molar-refractivity contribution is 7.92. The van der Waals surface area contributed by atoms with Crippen molar-refractivity contribution in [1.82, 2.24) is 5.32 Å². The van der Waals surface area contributed by atoms with Crippen LogP contribution < -0.4 is 9.62 Å². The standard InChI is InChI=1S/C20H25FN2O3S/c1-4-17-9-5-7-15(2)20(17)23(27(3,25)26)12-11-22-19(24)14-16-8-6-10-18(21)13-16/h5-10,13H,4,11-12,14H2,1-3H3,(H,22,24). The van der Waals surface area contributed by atoms with Crippen molar-refractivity contribution in [2.45, 2.75) is 26.7 Å². The van der Waals surface area contributed by atoms with E-state index in [-0.39, 0.29) is 25.4 Å².